The zero-order valence-electron chi connectivity index (χ0n) is 29.9. The summed E-state index contributed by atoms with van der Waals surface area (Å²) < 4.78 is 14.5. The molecule has 2 amide bonds. The Morgan fingerprint density at radius 2 is 1.86 bits per heavy atom. The van der Waals surface area contributed by atoms with Crippen molar-refractivity contribution in [2.24, 2.45) is 5.92 Å². The van der Waals surface area contributed by atoms with Crippen molar-refractivity contribution in [3.8, 4) is 5.75 Å². The molecule has 1 N–H and O–H groups in total. The van der Waals surface area contributed by atoms with Crippen LogP contribution in [0.3, 0.4) is 0 Å². The number of ether oxygens (including phenoxy) is 2. The molecule has 51 heavy (non-hydrogen) atoms. The number of rotatable bonds is 11. The molecule has 3 aliphatic heterocycles. The molecule has 10 nitrogen and oxygen atoms in total. The van der Waals surface area contributed by atoms with E-state index in [1.54, 1.807) is 29.0 Å². The first-order chi connectivity index (χ1) is 24.6. The number of carbonyl (C=O) groups is 2. The van der Waals surface area contributed by atoms with Crippen LogP contribution in [0, 0.1) is 5.92 Å². The number of benzene rings is 3. The summed E-state index contributed by atoms with van der Waals surface area (Å²) in [6, 6.07) is 23.7. The Morgan fingerprint density at radius 3 is 2.57 bits per heavy atom. The lowest BCUT2D eigenvalue weighted by Gasteiger charge is -2.37. The van der Waals surface area contributed by atoms with Crippen molar-refractivity contribution in [2.75, 3.05) is 30.0 Å². The second kappa shape index (κ2) is 13.9. The first kappa shape index (κ1) is 34.8. The number of amides is 2. The SMILES string of the molecule is C=CCN1C(=O)[C@@]2(O[C@@H](CCn3cc([C@H](O)c4ccccc4)nn3)[C@H]([Si](C)(C)c3ccc(OC)cc3)[C@H]2C)c2cc(N3CCCCC3=O)ccc21. The maximum atomic E-state index is 14.9. The summed E-state index contributed by atoms with van der Waals surface area (Å²) in [7, 11) is -0.697. The molecular weight excluding hydrogens is 659 g/mol. The van der Waals surface area contributed by atoms with Crippen molar-refractivity contribution in [3.63, 3.8) is 0 Å². The maximum absolute atomic E-state index is 14.9. The van der Waals surface area contributed by atoms with E-state index in [2.05, 4.69) is 49.0 Å². The van der Waals surface area contributed by atoms with E-state index in [1.807, 2.05) is 65.6 Å². The van der Waals surface area contributed by atoms with E-state index >= 15 is 0 Å². The molecule has 0 aliphatic carbocycles. The molecule has 11 heteroatoms. The van der Waals surface area contributed by atoms with Gasteiger partial charge in [-0.05, 0) is 60.7 Å². The van der Waals surface area contributed by atoms with Crippen molar-refractivity contribution < 1.29 is 24.2 Å². The number of carbonyl (C=O) groups excluding carboxylic acids is 2. The van der Waals surface area contributed by atoms with Gasteiger partial charge in [-0.25, -0.2) is 0 Å². The van der Waals surface area contributed by atoms with Crippen LogP contribution in [-0.4, -0.2) is 66.3 Å². The topological polar surface area (TPSA) is 110 Å². The molecular formula is C40H47N5O5Si. The molecule has 2 saturated heterocycles. The van der Waals surface area contributed by atoms with Crippen molar-refractivity contribution in [3.05, 3.63) is 108 Å². The van der Waals surface area contributed by atoms with Crippen LogP contribution in [0.15, 0.2) is 91.6 Å². The minimum atomic E-state index is -2.37. The first-order valence-corrected chi connectivity index (χ1v) is 21.0. The number of methoxy groups -OCH3 is 1. The van der Waals surface area contributed by atoms with Gasteiger partial charge in [-0.15, -0.1) is 11.7 Å². The summed E-state index contributed by atoms with van der Waals surface area (Å²) in [5.74, 6) is 0.627. The van der Waals surface area contributed by atoms with Gasteiger partial charge in [0.25, 0.3) is 5.91 Å². The standard InChI is InChI=1S/C40H47N5O5Si/c1-6-22-45-34-20-15-29(44-23-11-10-14-36(44)46)25-32(34)40(39(45)48)27(2)38(51(4,5)31-18-16-30(49-3)17-19-31)35(50-40)21-24-43-26-33(41-42-43)37(47)28-12-8-7-9-13-28/h6-9,12-13,15-20,25-27,35,37-38,47H,1,10-11,14,21-24H2,2-5H3/t27-,35+,37-,38-,40+/m1/s1. The molecule has 0 saturated carbocycles. The van der Waals surface area contributed by atoms with E-state index in [0.717, 1.165) is 41.1 Å². The van der Waals surface area contributed by atoms with E-state index < -0.39 is 19.8 Å². The third-order valence-electron chi connectivity index (χ3n) is 11.4. The summed E-state index contributed by atoms with van der Waals surface area (Å²) in [4.78, 5) is 31.6. The molecule has 3 aliphatic rings. The van der Waals surface area contributed by atoms with Crippen LogP contribution in [0.2, 0.25) is 18.6 Å². The van der Waals surface area contributed by atoms with Gasteiger partial charge >= 0.3 is 0 Å². The quantitative estimate of drug-likeness (QED) is 0.157. The van der Waals surface area contributed by atoms with Gasteiger partial charge in [-0.1, -0.05) is 79.0 Å². The Hall–Kier alpha value is -4.58. The predicted octanol–water partition coefficient (Wildman–Crippen LogP) is 5.72. The minimum absolute atomic E-state index is 0.0320. The van der Waals surface area contributed by atoms with E-state index in [1.165, 1.54) is 5.19 Å². The summed E-state index contributed by atoms with van der Waals surface area (Å²) in [6.07, 6.45) is 5.30. The average molecular weight is 706 g/mol. The average Bonchev–Trinajstić information content (AvgIpc) is 3.81. The third kappa shape index (κ3) is 6.00. The van der Waals surface area contributed by atoms with Crippen LogP contribution in [-0.2, 0) is 26.5 Å². The number of aliphatic hydroxyl groups excluding tert-OH is 1. The second-order valence-electron chi connectivity index (χ2n) is 14.6. The summed E-state index contributed by atoms with van der Waals surface area (Å²) in [6.45, 7) is 12.4. The number of aromatic nitrogens is 3. The first-order valence-electron chi connectivity index (χ1n) is 17.9. The minimum Gasteiger partial charge on any atom is -0.497 e. The number of nitrogens with zero attached hydrogens (tertiary/aromatic N) is 5. The Bertz CT molecular complexity index is 1910. The highest BCUT2D eigenvalue weighted by atomic mass is 28.3. The fraction of sp³-hybridized carbons (Fsp3) is 0.400. The van der Waals surface area contributed by atoms with Gasteiger partial charge in [-0.3, -0.25) is 14.3 Å². The lowest BCUT2D eigenvalue weighted by atomic mass is 9.82. The van der Waals surface area contributed by atoms with Crippen LogP contribution in [0.5, 0.6) is 5.75 Å². The monoisotopic (exact) mass is 705 g/mol. The molecule has 4 heterocycles. The number of aliphatic hydroxyl groups is 1. The zero-order chi connectivity index (χ0) is 35.9. The Labute approximate surface area is 300 Å². The number of anilines is 2. The van der Waals surface area contributed by atoms with Crippen molar-refractivity contribution in [1.29, 1.82) is 0 Å². The van der Waals surface area contributed by atoms with Crippen LogP contribution >= 0.6 is 0 Å². The van der Waals surface area contributed by atoms with Crippen LogP contribution in [0.1, 0.15) is 55.5 Å². The zero-order valence-corrected chi connectivity index (χ0v) is 30.9. The molecule has 7 rings (SSSR count). The number of hydrogen-bond donors (Lipinski definition) is 1. The van der Waals surface area contributed by atoms with Crippen molar-refractivity contribution >= 4 is 36.4 Å². The molecule has 0 radical (unpaired) electrons. The number of aryl methyl sites for hydroxylation is 1. The summed E-state index contributed by atoms with van der Waals surface area (Å²) in [5, 5.41) is 20.9. The van der Waals surface area contributed by atoms with E-state index in [4.69, 9.17) is 9.47 Å². The lowest BCUT2D eigenvalue weighted by Crippen LogP contribution is -2.52. The second-order valence-corrected chi connectivity index (χ2v) is 19.3. The van der Waals surface area contributed by atoms with Crippen LogP contribution in [0.25, 0.3) is 0 Å². The highest BCUT2D eigenvalue weighted by Gasteiger charge is 2.66. The Kier molecular flexibility index (Phi) is 9.47. The molecule has 3 aromatic carbocycles. The van der Waals surface area contributed by atoms with Gasteiger partial charge in [0.15, 0.2) is 5.60 Å². The highest BCUT2D eigenvalue weighted by molar-refractivity contribution is 6.91. The van der Waals surface area contributed by atoms with E-state index in [9.17, 15) is 14.7 Å². The molecule has 1 spiro atoms. The van der Waals surface area contributed by atoms with Gasteiger partial charge in [-0.2, -0.15) is 0 Å². The number of hydrogen-bond acceptors (Lipinski definition) is 7. The maximum Gasteiger partial charge on any atom is 0.264 e. The molecule has 1 aromatic heterocycles. The fourth-order valence-corrected chi connectivity index (χ4v) is 12.8. The normalized spacial score (nSPS) is 23.9. The van der Waals surface area contributed by atoms with Crippen molar-refractivity contribution in [2.45, 2.75) is 75.6 Å². The Morgan fingerprint density at radius 1 is 1.10 bits per heavy atom. The molecule has 4 aromatic rings. The van der Waals surface area contributed by atoms with Gasteiger partial charge in [0.2, 0.25) is 5.91 Å². The third-order valence-corrected chi connectivity index (χ3v) is 15.7. The summed E-state index contributed by atoms with van der Waals surface area (Å²) >= 11 is 0. The molecule has 0 bridgehead atoms. The number of piperidine rings is 1. The largest absolute Gasteiger partial charge is 0.497 e. The Balaban J connectivity index is 1.28. The summed E-state index contributed by atoms with van der Waals surface area (Å²) in [5.41, 5.74) is 2.45. The van der Waals surface area contributed by atoms with Gasteiger partial charge < -0.3 is 24.4 Å². The molecule has 5 atom stereocenters. The van der Waals surface area contributed by atoms with E-state index in [-0.39, 0.29) is 29.4 Å². The molecule has 0 unspecified atom stereocenters. The predicted molar refractivity (Wildman–Crippen MR) is 200 cm³/mol. The molecule has 266 valence electrons. The van der Waals surface area contributed by atoms with Crippen molar-refractivity contribution in [1.82, 2.24) is 15.0 Å². The lowest BCUT2D eigenvalue weighted by molar-refractivity contribution is -0.145. The molecule has 2 fully saturated rings. The van der Waals surface area contributed by atoms with Gasteiger partial charge in [0.1, 0.15) is 17.5 Å². The van der Waals surface area contributed by atoms with Crippen LogP contribution in [0.4, 0.5) is 11.4 Å². The highest BCUT2D eigenvalue weighted by Crippen LogP contribution is 2.60. The fourth-order valence-electron chi connectivity index (χ4n) is 8.74. The van der Waals surface area contributed by atoms with Gasteiger partial charge in [0, 0.05) is 43.2 Å². The smallest absolute Gasteiger partial charge is 0.264 e. The van der Waals surface area contributed by atoms with Crippen LogP contribution < -0.4 is 19.7 Å². The van der Waals surface area contributed by atoms with Gasteiger partial charge in [0.05, 0.1) is 33.2 Å². The number of fused-ring (bicyclic) bond motifs is 2. The van der Waals surface area contributed by atoms with E-state index in [0.29, 0.717) is 38.2 Å².